The molecule has 372 valence electrons. The van der Waals surface area contributed by atoms with Gasteiger partial charge in [0.15, 0.2) is 6.10 Å². The first-order valence-corrected chi connectivity index (χ1v) is 27.1. The van der Waals surface area contributed by atoms with Crippen LogP contribution < -0.4 is 0 Å². The van der Waals surface area contributed by atoms with E-state index in [1.165, 1.54) is 89.9 Å². The molecule has 0 aromatic carbocycles. The van der Waals surface area contributed by atoms with E-state index in [1.807, 2.05) is 0 Å². The fraction of sp³-hybridized carbons (Fsp3) is 0.712. The second-order valence-corrected chi connectivity index (χ2v) is 17.7. The van der Waals surface area contributed by atoms with Crippen molar-refractivity contribution in [3.63, 3.8) is 0 Å². The highest BCUT2D eigenvalue weighted by molar-refractivity contribution is 5.71. The Morgan fingerprint density at radius 1 is 0.323 bits per heavy atom. The largest absolute Gasteiger partial charge is 0.462 e. The van der Waals surface area contributed by atoms with Crippen LogP contribution in [-0.4, -0.2) is 37.2 Å². The van der Waals surface area contributed by atoms with Gasteiger partial charge in [0.2, 0.25) is 0 Å². The second-order valence-electron chi connectivity index (χ2n) is 17.7. The first kappa shape index (κ1) is 61.6. The second kappa shape index (κ2) is 53.2. The maximum absolute atomic E-state index is 12.8. The number of rotatable bonds is 48. The van der Waals surface area contributed by atoms with Crippen LogP contribution in [0.2, 0.25) is 0 Å². The van der Waals surface area contributed by atoms with Crippen molar-refractivity contribution in [3.8, 4) is 0 Å². The number of hydrogen-bond donors (Lipinski definition) is 0. The lowest BCUT2D eigenvalue weighted by atomic mass is 10.0. The summed E-state index contributed by atoms with van der Waals surface area (Å²) in [6.45, 7) is 6.37. The SMILES string of the molecule is CC/C=C\C/C=C\C/C=C\C/C=C\CCCCC(=O)OC[C@H](COC(=O)CCCCCCC/C=C\C/C=C\C/C=C\CC)OC(=O)CCCCCCCCCCCCCCCCCCC. The van der Waals surface area contributed by atoms with E-state index in [4.69, 9.17) is 14.2 Å². The molecule has 6 nitrogen and oxygen atoms in total. The van der Waals surface area contributed by atoms with Crippen LogP contribution in [0.25, 0.3) is 0 Å². The lowest BCUT2D eigenvalue weighted by molar-refractivity contribution is -0.167. The monoisotopic (exact) mass is 905 g/mol. The molecule has 0 unspecified atom stereocenters. The summed E-state index contributed by atoms with van der Waals surface area (Å²) in [5, 5.41) is 0. The first-order chi connectivity index (χ1) is 32.0. The summed E-state index contributed by atoms with van der Waals surface area (Å²) in [6.07, 6.45) is 68.6. The van der Waals surface area contributed by atoms with Gasteiger partial charge in [-0.2, -0.15) is 0 Å². The summed E-state index contributed by atoms with van der Waals surface area (Å²) in [6, 6.07) is 0. The predicted molar refractivity (Wildman–Crippen MR) is 279 cm³/mol. The van der Waals surface area contributed by atoms with Crippen LogP contribution in [0.1, 0.15) is 252 Å². The molecule has 0 fully saturated rings. The van der Waals surface area contributed by atoms with Gasteiger partial charge in [-0.1, -0.05) is 228 Å². The highest BCUT2D eigenvalue weighted by Crippen LogP contribution is 2.15. The van der Waals surface area contributed by atoms with E-state index in [0.29, 0.717) is 19.3 Å². The lowest BCUT2D eigenvalue weighted by Crippen LogP contribution is -2.30. The zero-order valence-electron chi connectivity index (χ0n) is 42.5. The minimum atomic E-state index is -0.799. The van der Waals surface area contributed by atoms with E-state index in [1.54, 1.807) is 0 Å². The molecule has 0 rings (SSSR count). The molecule has 65 heavy (non-hydrogen) atoms. The van der Waals surface area contributed by atoms with Crippen LogP contribution in [0.5, 0.6) is 0 Å². The number of carbonyl (C=O) groups excluding carboxylic acids is 3. The Balaban J connectivity index is 4.45. The molecule has 0 aliphatic heterocycles. The summed E-state index contributed by atoms with van der Waals surface area (Å²) in [4.78, 5) is 38.1. The van der Waals surface area contributed by atoms with Crippen molar-refractivity contribution in [2.24, 2.45) is 0 Å². The zero-order chi connectivity index (χ0) is 47.2. The number of hydrogen-bond acceptors (Lipinski definition) is 6. The summed E-state index contributed by atoms with van der Waals surface area (Å²) in [5.74, 6) is -0.951. The van der Waals surface area contributed by atoms with E-state index in [-0.39, 0.29) is 31.1 Å². The van der Waals surface area contributed by atoms with Gasteiger partial charge in [-0.15, -0.1) is 0 Å². The number of unbranched alkanes of at least 4 members (excludes halogenated alkanes) is 23. The molecule has 0 aromatic rings. The van der Waals surface area contributed by atoms with Crippen molar-refractivity contribution >= 4 is 17.9 Å². The topological polar surface area (TPSA) is 78.9 Å². The molecule has 0 N–H and O–H groups in total. The number of carbonyl (C=O) groups is 3. The van der Waals surface area contributed by atoms with Crippen LogP contribution in [0.4, 0.5) is 0 Å². The van der Waals surface area contributed by atoms with Crippen molar-refractivity contribution in [2.45, 2.75) is 258 Å². The smallest absolute Gasteiger partial charge is 0.306 e. The molecular formula is C59H100O6. The maximum atomic E-state index is 12.8. The molecule has 6 heteroatoms. The van der Waals surface area contributed by atoms with E-state index >= 15 is 0 Å². The summed E-state index contributed by atoms with van der Waals surface area (Å²) < 4.78 is 16.8. The maximum Gasteiger partial charge on any atom is 0.306 e. The van der Waals surface area contributed by atoms with Crippen LogP contribution in [-0.2, 0) is 28.6 Å². The molecule has 0 radical (unpaired) electrons. The Kier molecular flexibility index (Phi) is 50.4. The van der Waals surface area contributed by atoms with Crippen LogP contribution in [0, 0.1) is 0 Å². The van der Waals surface area contributed by atoms with E-state index in [2.05, 4.69) is 106 Å². The highest BCUT2D eigenvalue weighted by atomic mass is 16.6. The van der Waals surface area contributed by atoms with Gasteiger partial charge < -0.3 is 14.2 Å². The van der Waals surface area contributed by atoms with Gasteiger partial charge >= 0.3 is 17.9 Å². The minimum absolute atomic E-state index is 0.0975. The zero-order valence-corrected chi connectivity index (χ0v) is 42.5. The number of ether oxygens (including phenoxy) is 3. The van der Waals surface area contributed by atoms with Gasteiger partial charge in [-0.25, -0.2) is 0 Å². The van der Waals surface area contributed by atoms with Gasteiger partial charge in [0.25, 0.3) is 0 Å². The lowest BCUT2D eigenvalue weighted by Gasteiger charge is -2.18. The molecule has 0 spiro atoms. The minimum Gasteiger partial charge on any atom is -0.462 e. The third kappa shape index (κ3) is 51.4. The molecule has 0 aliphatic rings. The third-order valence-corrected chi connectivity index (χ3v) is 11.4. The van der Waals surface area contributed by atoms with Gasteiger partial charge in [0.1, 0.15) is 13.2 Å². The van der Waals surface area contributed by atoms with Crippen LogP contribution in [0.3, 0.4) is 0 Å². The first-order valence-electron chi connectivity index (χ1n) is 27.1. The Labute approximate surface area is 401 Å². The van der Waals surface area contributed by atoms with Crippen molar-refractivity contribution in [2.75, 3.05) is 13.2 Å². The summed E-state index contributed by atoms with van der Waals surface area (Å²) in [7, 11) is 0. The van der Waals surface area contributed by atoms with Gasteiger partial charge in [-0.3, -0.25) is 14.4 Å². The number of esters is 3. The van der Waals surface area contributed by atoms with E-state index in [0.717, 1.165) is 122 Å². The van der Waals surface area contributed by atoms with Crippen LogP contribution >= 0.6 is 0 Å². The van der Waals surface area contributed by atoms with E-state index in [9.17, 15) is 14.4 Å². The molecule has 0 bridgehead atoms. The fourth-order valence-corrected chi connectivity index (χ4v) is 7.39. The quantitative estimate of drug-likeness (QED) is 0.0262. The summed E-state index contributed by atoms with van der Waals surface area (Å²) >= 11 is 0. The van der Waals surface area contributed by atoms with Crippen molar-refractivity contribution < 1.29 is 28.6 Å². The van der Waals surface area contributed by atoms with Crippen LogP contribution in [0.15, 0.2) is 85.1 Å². The fourth-order valence-electron chi connectivity index (χ4n) is 7.39. The van der Waals surface area contributed by atoms with Gasteiger partial charge in [-0.05, 0) is 89.9 Å². The standard InChI is InChI=1S/C59H100O6/c1-4-7-10-13-16-19-22-25-28-29-32-35-38-41-44-47-50-53-59(62)65-56(54-63-57(60)51-48-45-42-39-36-33-30-26-23-20-17-14-11-8-5-2)55-64-58(61)52-49-46-43-40-37-34-31-27-24-21-18-15-12-9-6-3/h8-9,11-12,17-18,20-21,26-27,30-31,36,39,56H,4-7,10,13-16,19,22-25,28-29,32-35,37-38,40-55H2,1-3H3/b11-8-,12-9-,20-17-,21-18-,30-26-,31-27-,39-36-/t56-/m1/s1. The average molecular weight is 905 g/mol. The van der Waals surface area contributed by atoms with Crippen molar-refractivity contribution in [1.82, 2.24) is 0 Å². The Hall–Kier alpha value is -3.41. The Bertz CT molecular complexity index is 1270. The molecule has 1 atom stereocenters. The molecule has 0 heterocycles. The Morgan fingerprint density at radius 2 is 0.600 bits per heavy atom. The normalized spacial score (nSPS) is 12.7. The molecule has 0 aliphatic carbocycles. The molecule has 0 saturated carbocycles. The Morgan fingerprint density at radius 3 is 0.969 bits per heavy atom. The van der Waals surface area contributed by atoms with E-state index < -0.39 is 6.10 Å². The molecule has 0 amide bonds. The molecule has 0 saturated heterocycles. The van der Waals surface area contributed by atoms with Gasteiger partial charge in [0, 0.05) is 19.3 Å². The van der Waals surface area contributed by atoms with Gasteiger partial charge in [0.05, 0.1) is 0 Å². The van der Waals surface area contributed by atoms with Crippen molar-refractivity contribution in [1.29, 1.82) is 0 Å². The summed E-state index contributed by atoms with van der Waals surface area (Å²) in [5.41, 5.74) is 0. The van der Waals surface area contributed by atoms with Crippen molar-refractivity contribution in [3.05, 3.63) is 85.1 Å². The molecule has 0 aromatic heterocycles. The number of allylic oxidation sites excluding steroid dienone is 14. The highest BCUT2D eigenvalue weighted by Gasteiger charge is 2.19. The third-order valence-electron chi connectivity index (χ3n) is 11.4. The average Bonchev–Trinajstić information content (AvgIpc) is 3.30. The predicted octanol–water partition coefficient (Wildman–Crippen LogP) is 18.0. The molecular weight excluding hydrogens is 805 g/mol.